The van der Waals surface area contributed by atoms with Gasteiger partial charge in [-0.05, 0) is 48.7 Å². The Bertz CT molecular complexity index is 911. The highest BCUT2D eigenvalue weighted by Gasteiger charge is 2.31. The number of rotatable bonds is 5. The lowest BCUT2D eigenvalue weighted by molar-refractivity contribution is -0.120. The van der Waals surface area contributed by atoms with Crippen molar-refractivity contribution in [1.82, 2.24) is 4.31 Å². The van der Waals surface area contributed by atoms with Gasteiger partial charge in [-0.25, -0.2) is 12.7 Å². The molecule has 0 radical (unpaired) electrons. The number of anilines is 1. The maximum absolute atomic E-state index is 12.6. The molecule has 1 heterocycles. The molecule has 1 saturated heterocycles. The first-order valence-corrected chi connectivity index (χ1v) is 11.4. The molecule has 3 rings (SSSR count). The van der Waals surface area contributed by atoms with E-state index >= 15 is 0 Å². The smallest absolute Gasteiger partial charge is 0.227 e. The van der Waals surface area contributed by atoms with E-state index in [0.717, 1.165) is 10.2 Å². The van der Waals surface area contributed by atoms with Gasteiger partial charge in [0, 0.05) is 34.2 Å². The van der Waals surface area contributed by atoms with Crippen molar-refractivity contribution in [3.63, 3.8) is 0 Å². The van der Waals surface area contributed by atoms with Gasteiger partial charge in [-0.1, -0.05) is 45.7 Å². The first kappa shape index (κ1) is 20.3. The molecule has 144 valence electrons. The molecule has 1 aliphatic heterocycles. The molecule has 1 fully saturated rings. The van der Waals surface area contributed by atoms with Gasteiger partial charge in [0.25, 0.3) is 0 Å². The van der Waals surface area contributed by atoms with Gasteiger partial charge in [-0.2, -0.15) is 0 Å². The Morgan fingerprint density at radius 2 is 1.81 bits per heavy atom. The van der Waals surface area contributed by atoms with Gasteiger partial charge in [0.2, 0.25) is 15.9 Å². The number of sulfonamides is 1. The normalized spacial score (nSPS) is 16.2. The van der Waals surface area contributed by atoms with Crippen LogP contribution in [0.5, 0.6) is 0 Å². The third kappa shape index (κ3) is 5.54. The molecule has 0 spiro atoms. The highest BCUT2D eigenvalue weighted by atomic mass is 79.9. The van der Waals surface area contributed by atoms with Crippen LogP contribution in [-0.2, 0) is 20.6 Å². The van der Waals surface area contributed by atoms with Gasteiger partial charge in [-0.15, -0.1) is 0 Å². The molecular weight excluding hydrogens is 452 g/mol. The topological polar surface area (TPSA) is 66.5 Å². The highest BCUT2D eigenvalue weighted by molar-refractivity contribution is 9.10. The number of hydrogen-bond acceptors (Lipinski definition) is 3. The molecule has 0 atom stereocenters. The summed E-state index contributed by atoms with van der Waals surface area (Å²) in [5.74, 6) is -0.312. The van der Waals surface area contributed by atoms with Crippen LogP contribution in [-0.4, -0.2) is 31.7 Å². The molecule has 1 N–H and O–H groups in total. The van der Waals surface area contributed by atoms with Crippen molar-refractivity contribution in [2.24, 2.45) is 5.92 Å². The Kier molecular flexibility index (Phi) is 6.57. The summed E-state index contributed by atoms with van der Waals surface area (Å²) in [5, 5.41) is 3.48. The van der Waals surface area contributed by atoms with Gasteiger partial charge in [0.15, 0.2) is 0 Å². The average molecular weight is 472 g/mol. The first-order chi connectivity index (χ1) is 12.8. The van der Waals surface area contributed by atoms with Crippen molar-refractivity contribution in [1.29, 1.82) is 0 Å². The lowest BCUT2D eigenvalue weighted by atomic mass is 9.97. The number of piperidine rings is 1. The first-order valence-electron chi connectivity index (χ1n) is 8.62. The maximum atomic E-state index is 12.6. The summed E-state index contributed by atoms with van der Waals surface area (Å²) in [4.78, 5) is 12.5. The van der Waals surface area contributed by atoms with Crippen LogP contribution < -0.4 is 5.32 Å². The van der Waals surface area contributed by atoms with Crippen LogP contribution in [0.15, 0.2) is 53.0 Å². The third-order valence-electron chi connectivity index (χ3n) is 4.57. The zero-order valence-corrected chi connectivity index (χ0v) is 17.7. The van der Waals surface area contributed by atoms with Crippen LogP contribution in [0.25, 0.3) is 0 Å². The zero-order valence-electron chi connectivity index (χ0n) is 14.6. The van der Waals surface area contributed by atoms with Crippen molar-refractivity contribution in [2.75, 3.05) is 18.4 Å². The third-order valence-corrected chi connectivity index (χ3v) is 7.17. The number of carbonyl (C=O) groups excluding carboxylic acids is 1. The molecule has 1 aliphatic rings. The number of hydrogen-bond donors (Lipinski definition) is 1. The van der Waals surface area contributed by atoms with E-state index in [9.17, 15) is 13.2 Å². The maximum Gasteiger partial charge on any atom is 0.227 e. The standard InChI is InChI=1S/C19H20BrClN2O3S/c20-16-2-1-3-18(12-16)22-19(24)15-8-10-23(11-9-15)27(25,26)13-14-4-6-17(21)7-5-14/h1-7,12,15H,8-11,13H2,(H,22,24). The Hall–Kier alpha value is -1.41. The van der Waals surface area contributed by atoms with Crippen LogP contribution in [0.2, 0.25) is 5.02 Å². The fourth-order valence-electron chi connectivity index (χ4n) is 3.09. The molecule has 0 aliphatic carbocycles. The minimum absolute atomic E-state index is 0.0565. The number of benzene rings is 2. The summed E-state index contributed by atoms with van der Waals surface area (Å²) >= 11 is 9.22. The zero-order chi connectivity index (χ0) is 19.4. The number of halogens is 2. The monoisotopic (exact) mass is 470 g/mol. The van der Waals surface area contributed by atoms with Crippen LogP contribution in [0.3, 0.4) is 0 Å². The summed E-state index contributed by atoms with van der Waals surface area (Å²) in [6.45, 7) is 0.707. The van der Waals surface area contributed by atoms with E-state index in [1.165, 1.54) is 4.31 Å². The summed E-state index contributed by atoms with van der Waals surface area (Å²) < 4.78 is 27.6. The van der Waals surface area contributed by atoms with Crippen LogP contribution in [0.4, 0.5) is 5.69 Å². The average Bonchev–Trinajstić information content (AvgIpc) is 2.63. The van der Waals surface area contributed by atoms with E-state index in [-0.39, 0.29) is 17.6 Å². The fraction of sp³-hybridized carbons (Fsp3) is 0.316. The van der Waals surface area contributed by atoms with Crippen LogP contribution in [0, 0.1) is 5.92 Å². The molecule has 5 nitrogen and oxygen atoms in total. The molecule has 0 bridgehead atoms. The lowest BCUT2D eigenvalue weighted by Gasteiger charge is -2.30. The summed E-state index contributed by atoms with van der Waals surface area (Å²) in [7, 11) is -3.41. The summed E-state index contributed by atoms with van der Waals surface area (Å²) in [6, 6.07) is 14.2. The van der Waals surface area contributed by atoms with Gasteiger partial charge in [-0.3, -0.25) is 4.79 Å². The van der Waals surface area contributed by atoms with E-state index in [2.05, 4.69) is 21.2 Å². The van der Waals surface area contributed by atoms with E-state index in [0.29, 0.717) is 36.5 Å². The molecule has 0 unspecified atom stereocenters. The van der Waals surface area contributed by atoms with E-state index in [1.807, 2.05) is 24.3 Å². The second-order valence-corrected chi connectivity index (χ2v) is 9.88. The summed E-state index contributed by atoms with van der Waals surface area (Å²) in [6.07, 6.45) is 1.03. The minimum Gasteiger partial charge on any atom is -0.326 e. The number of nitrogens with zero attached hydrogens (tertiary/aromatic N) is 1. The molecule has 27 heavy (non-hydrogen) atoms. The molecule has 1 amide bonds. The van der Waals surface area contributed by atoms with Crippen molar-refractivity contribution in [3.05, 3.63) is 63.6 Å². The fourth-order valence-corrected chi connectivity index (χ4v) is 5.18. The second-order valence-electron chi connectivity index (χ2n) is 6.56. The van der Waals surface area contributed by atoms with Crippen molar-refractivity contribution in [2.45, 2.75) is 18.6 Å². The van der Waals surface area contributed by atoms with Crippen molar-refractivity contribution < 1.29 is 13.2 Å². The summed E-state index contributed by atoms with van der Waals surface area (Å²) in [5.41, 5.74) is 1.43. The number of nitrogens with one attached hydrogen (secondary N) is 1. The van der Waals surface area contributed by atoms with Crippen LogP contribution in [0.1, 0.15) is 18.4 Å². The SMILES string of the molecule is O=C(Nc1cccc(Br)c1)C1CCN(S(=O)(=O)Cc2ccc(Cl)cc2)CC1. The Morgan fingerprint density at radius 1 is 1.15 bits per heavy atom. The largest absolute Gasteiger partial charge is 0.326 e. The molecule has 2 aromatic carbocycles. The molecule has 8 heteroatoms. The van der Waals surface area contributed by atoms with E-state index < -0.39 is 10.0 Å². The van der Waals surface area contributed by atoms with Gasteiger partial charge >= 0.3 is 0 Å². The molecular formula is C19H20BrClN2O3S. The van der Waals surface area contributed by atoms with Gasteiger partial charge < -0.3 is 5.32 Å². The predicted octanol–water partition coefficient (Wildman–Crippen LogP) is 4.28. The Morgan fingerprint density at radius 3 is 2.44 bits per heavy atom. The number of amides is 1. The Labute approximate surface area is 172 Å². The second kappa shape index (κ2) is 8.73. The Balaban J connectivity index is 1.56. The highest BCUT2D eigenvalue weighted by Crippen LogP contribution is 2.24. The van der Waals surface area contributed by atoms with Gasteiger partial charge in [0.1, 0.15) is 0 Å². The van der Waals surface area contributed by atoms with Gasteiger partial charge in [0.05, 0.1) is 5.75 Å². The molecule has 2 aromatic rings. The minimum atomic E-state index is -3.41. The molecule has 0 aromatic heterocycles. The van der Waals surface area contributed by atoms with E-state index in [4.69, 9.17) is 11.6 Å². The van der Waals surface area contributed by atoms with Crippen molar-refractivity contribution >= 4 is 49.1 Å². The quantitative estimate of drug-likeness (QED) is 0.708. The van der Waals surface area contributed by atoms with E-state index in [1.54, 1.807) is 24.3 Å². The van der Waals surface area contributed by atoms with Crippen molar-refractivity contribution in [3.8, 4) is 0 Å². The number of carbonyl (C=O) groups is 1. The predicted molar refractivity (Wildman–Crippen MR) is 111 cm³/mol. The van der Waals surface area contributed by atoms with Crippen LogP contribution >= 0.6 is 27.5 Å². The lowest BCUT2D eigenvalue weighted by Crippen LogP contribution is -2.41. The molecule has 0 saturated carbocycles.